The van der Waals surface area contributed by atoms with E-state index in [9.17, 15) is 14.0 Å². The van der Waals surface area contributed by atoms with Crippen molar-refractivity contribution in [1.29, 1.82) is 0 Å². The van der Waals surface area contributed by atoms with Crippen molar-refractivity contribution in [2.24, 2.45) is 0 Å². The van der Waals surface area contributed by atoms with Crippen LogP contribution >= 0.6 is 11.6 Å². The van der Waals surface area contributed by atoms with E-state index in [4.69, 9.17) is 16.3 Å². The Kier molecular flexibility index (Phi) is 6.32. The molecular weight excluding hydrogens is 333 g/mol. The Labute approximate surface area is 144 Å². The second kappa shape index (κ2) is 8.45. The van der Waals surface area contributed by atoms with Crippen LogP contribution in [0.5, 0.6) is 0 Å². The standard InChI is InChI=1S/C18H17ClFNO3/c1-12(24-18(23)14-4-6-15(19)7-5-14)17(22)21-11-10-13-2-8-16(20)9-3-13/h2-9,12H,10-11H2,1H3,(H,21,22)/t12-/m1/s1. The molecule has 0 aliphatic rings. The molecule has 0 aliphatic heterocycles. The molecular formula is C18H17ClFNO3. The second-order valence-corrected chi connectivity index (χ2v) is 5.66. The molecule has 4 nitrogen and oxygen atoms in total. The second-order valence-electron chi connectivity index (χ2n) is 5.22. The lowest BCUT2D eigenvalue weighted by Gasteiger charge is -2.13. The van der Waals surface area contributed by atoms with Crippen LogP contribution in [0.2, 0.25) is 5.02 Å². The van der Waals surface area contributed by atoms with E-state index in [0.717, 1.165) is 5.56 Å². The molecule has 2 rings (SSSR count). The van der Waals surface area contributed by atoms with E-state index in [1.807, 2.05) is 0 Å². The van der Waals surface area contributed by atoms with Gasteiger partial charge in [-0.3, -0.25) is 4.79 Å². The summed E-state index contributed by atoms with van der Waals surface area (Å²) in [7, 11) is 0. The van der Waals surface area contributed by atoms with Gasteiger partial charge in [-0.2, -0.15) is 0 Å². The van der Waals surface area contributed by atoms with Crippen molar-refractivity contribution in [3.63, 3.8) is 0 Å². The third kappa shape index (κ3) is 5.35. The first-order chi connectivity index (χ1) is 11.5. The van der Waals surface area contributed by atoms with Crippen molar-refractivity contribution >= 4 is 23.5 Å². The fraction of sp³-hybridized carbons (Fsp3) is 0.222. The quantitative estimate of drug-likeness (QED) is 0.813. The molecule has 0 fully saturated rings. The van der Waals surface area contributed by atoms with Crippen molar-refractivity contribution in [3.8, 4) is 0 Å². The number of carbonyl (C=O) groups is 2. The Morgan fingerprint density at radius 2 is 1.75 bits per heavy atom. The van der Waals surface area contributed by atoms with Crippen LogP contribution in [0.4, 0.5) is 4.39 Å². The summed E-state index contributed by atoms with van der Waals surface area (Å²) in [5.74, 6) is -1.28. The predicted octanol–water partition coefficient (Wildman–Crippen LogP) is 3.38. The first-order valence-electron chi connectivity index (χ1n) is 7.44. The van der Waals surface area contributed by atoms with Gasteiger partial charge in [0.25, 0.3) is 5.91 Å². The molecule has 2 aromatic carbocycles. The number of carbonyl (C=O) groups excluding carboxylic acids is 2. The highest BCUT2D eigenvalue weighted by molar-refractivity contribution is 6.30. The van der Waals surface area contributed by atoms with Gasteiger partial charge in [-0.25, -0.2) is 9.18 Å². The van der Waals surface area contributed by atoms with Crippen LogP contribution in [-0.2, 0) is 16.0 Å². The summed E-state index contributed by atoms with van der Waals surface area (Å²) in [5, 5.41) is 3.19. The third-order valence-electron chi connectivity index (χ3n) is 3.36. The number of hydrogen-bond acceptors (Lipinski definition) is 3. The maximum Gasteiger partial charge on any atom is 0.338 e. The zero-order valence-corrected chi connectivity index (χ0v) is 13.8. The molecule has 1 amide bonds. The van der Waals surface area contributed by atoms with Gasteiger partial charge in [0.1, 0.15) is 5.82 Å². The fourth-order valence-corrected chi connectivity index (χ4v) is 2.12. The van der Waals surface area contributed by atoms with Crippen molar-refractivity contribution in [1.82, 2.24) is 5.32 Å². The SMILES string of the molecule is C[C@@H](OC(=O)c1ccc(Cl)cc1)C(=O)NCCc1ccc(F)cc1. The lowest BCUT2D eigenvalue weighted by Crippen LogP contribution is -2.36. The van der Waals surface area contributed by atoms with Crippen LogP contribution in [0.1, 0.15) is 22.8 Å². The van der Waals surface area contributed by atoms with Crippen LogP contribution in [0.15, 0.2) is 48.5 Å². The van der Waals surface area contributed by atoms with Gasteiger partial charge in [-0.05, 0) is 55.3 Å². The van der Waals surface area contributed by atoms with Crippen molar-refractivity contribution < 1.29 is 18.7 Å². The molecule has 0 aromatic heterocycles. The highest BCUT2D eigenvalue weighted by atomic mass is 35.5. The molecule has 0 saturated heterocycles. The summed E-state index contributed by atoms with van der Waals surface area (Å²) in [6, 6.07) is 12.3. The molecule has 0 heterocycles. The van der Waals surface area contributed by atoms with E-state index < -0.39 is 12.1 Å². The molecule has 1 atom stereocenters. The topological polar surface area (TPSA) is 55.4 Å². The van der Waals surface area contributed by atoms with Crippen LogP contribution in [-0.4, -0.2) is 24.5 Å². The molecule has 126 valence electrons. The first-order valence-corrected chi connectivity index (χ1v) is 7.82. The maximum atomic E-state index is 12.8. The lowest BCUT2D eigenvalue weighted by molar-refractivity contribution is -0.129. The highest BCUT2D eigenvalue weighted by Crippen LogP contribution is 2.11. The Morgan fingerprint density at radius 1 is 1.12 bits per heavy atom. The average Bonchev–Trinajstić information content (AvgIpc) is 2.57. The summed E-state index contributed by atoms with van der Waals surface area (Å²) in [6.07, 6.45) is -0.356. The number of nitrogens with one attached hydrogen (secondary N) is 1. The van der Waals surface area contributed by atoms with Gasteiger partial charge < -0.3 is 10.1 Å². The number of rotatable bonds is 6. The molecule has 0 radical (unpaired) electrons. The van der Waals surface area contributed by atoms with Crippen LogP contribution in [0, 0.1) is 5.82 Å². The van der Waals surface area contributed by atoms with Gasteiger partial charge >= 0.3 is 5.97 Å². The summed E-state index contributed by atoms with van der Waals surface area (Å²) in [5.41, 5.74) is 1.23. The predicted molar refractivity (Wildman–Crippen MR) is 89.4 cm³/mol. The Morgan fingerprint density at radius 3 is 2.38 bits per heavy atom. The summed E-state index contributed by atoms with van der Waals surface area (Å²) < 4.78 is 17.9. The summed E-state index contributed by atoms with van der Waals surface area (Å²) in [6.45, 7) is 1.87. The average molecular weight is 350 g/mol. The van der Waals surface area contributed by atoms with Crippen LogP contribution in [0.3, 0.4) is 0 Å². The zero-order chi connectivity index (χ0) is 17.5. The molecule has 0 spiro atoms. The van der Waals surface area contributed by atoms with E-state index in [1.165, 1.54) is 31.2 Å². The normalized spacial score (nSPS) is 11.6. The third-order valence-corrected chi connectivity index (χ3v) is 3.61. The highest BCUT2D eigenvalue weighted by Gasteiger charge is 2.18. The molecule has 0 unspecified atom stereocenters. The van der Waals surface area contributed by atoms with Gasteiger partial charge in [0.15, 0.2) is 6.10 Å². The number of halogens is 2. The largest absolute Gasteiger partial charge is 0.449 e. The number of benzene rings is 2. The van der Waals surface area contributed by atoms with Gasteiger partial charge in [0.2, 0.25) is 0 Å². The van der Waals surface area contributed by atoms with E-state index in [1.54, 1.807) is 24.3 Å². The van der Waals surface area contributed by atoms with E-state index in [2.05, 4.69) is 5.32 Å². The Balaban J connectivity index is 1.78. The monoisotopic (exact) mass is 349 g/mol. The lowest BCUT2D eigenvalue weighted by atomic mass is 10.1. The van der Waals surface area contributed by atoms with Crippen LogP contribution < -0.4 is 5.32 Å². The fourth-order valence-electron chi connectivity index (χ4n) is 1.99. The Bertz CT molecular complexity index is 701. The van der Waals surface area contributed by atoms with Crippen molar-refractivity contribution in [2.75, 3.05) is 6.54 Å². The first kappa shape index (κ1) is 17.9. The number of ether oxygens (including phenoxy) is 1. The minimum atomic E-state index is -0.915. The summed E-state index contributed by atoms with van der Waals surface area (Å²) >= 11 is 5.75. The molecule has 6 heteroatoms. The number of esters is 1. The van der Waals surface area contributed by atoms with Gasteiger partial charge in [0.05, 0.1) is 5.56 Å². The van der Waals surface area contributed by atoms with Crippen LogP contribution in [0.25, 0.3) is 0 Å². The van der Waals surface area contributed by atoms with Gasteiger partial charge in [-0.1, -0.05) is 23.7 Å². The van der Waals surface area contributed by atoms with Gasteiger partial charge in [-0.15, -0.1) is 0 Å². The molecule has 1 N–H and O–H groups in total. The number of amides is 1. The molecule has 0 aliphatic carbocycles. The minimum absolute atomic E-state index is 0.300. The van der Waals surface area contributed by atoms with E-state index >= 15 is 0 Å². The molecule has 0 saturated carbocycles. The van der Waals surface area contributed by atoms with Crippen molar-refractivity contribution in [3.05, 3.63) is 70.5 Å². The van der Waals surface area contributed by atoms with E-state index in [-0.39, 0.29) is 11.7 Å². The van der Waals surface area contributed by atoms with Crippen molar-refractivity contribution in [2.45, 2.75) is 19.4 Å². The van der Waals surface area contributed by atoms with E-state index in [0.29, 0.717) is 23.6 Å². The van der Waals surface area contributed by atoms with Gasteiger partial charge in [0, 0.05) is 11.6 Å². The molecule has 0 bridgehead atoms. The number of hydrogen-bond donors (Lipinski definition) is 1. The molecule has 24 heavy (non-hydrogen) atoms. The zero-order valence-electron chi connectivity index (χ0n) is 13.1. The maximum absolute atomic E-state index is 12.8. The minimum Gasteiger partial charge on any atom is -0.449 e. The summed E-state index contributed by atoms with van der Waals surface area (Å²) in [4.78, 5) is 23.9. The Hall–Kier alpha value is -2.40. The smallest absolute Gasteiger partial charge is 0.338 e. The molecule has 2 aromatic rings.